The minimum atomic E-state index is -4.38. The van der Waals surface area contributed by atoms with Crippen LogP contribution < -0.4 is 5.48 Å². The predicted octanol–water partition coefficient (Wildman–Crippen LogP) is 4.72. The van der Waals surface area contributed by atoms with Crippen molar-refractivity contribution in [2.24, 2.45) is 5.41 Å². The molecule has 2 unspecified atom stereocenters. The zero-order chi connectivity index (χ0) is 19.8. The van der Waals surface area contributed by atoms with E-state index in [-0.39, 0.29) is 17.9 Å². The lowest BCUT2D eigenvalue weighted by molar-refractivity contribution is -0.161. The molecule has 0 radical (unpaired) electrons. The van der Waals surface area contributed by atoms with Gasteiger partial charge in [0.25, 0.3) is 0 Å². The maximum absolute atomic E-state index is 12.8. The summed E-state index contributed by atoms with van der Waals surface area (Å²) in [6, 6.07) is 8.69. The summed E-state index contributed by atoms with van der Waals surface area (Å²) in [6.45, 7) is 5.33. The van der Waals surface area contributed by atoms with Gasteiger partial charge in [-0.25, -0.2) is 4.79 Å². The van der Waals surface area contributed by atoms with Gasteiger partial charge < -0.3 is 4.84 Å². The van der Waals surface area contributed by atoms with Crippen molar-refractivity contribution >= 4 is 5.97 Å². The number of benzene rings is 1. The highest BCUT2D eigenvalue weighted by molar-refractivity contribution is 5.75. The number of hydrogen-bond acceptors (Lipinski definition) is 4. The topological polar surface area (TPSA) is 51.2 Å². The summed E-state index contributed by atoms with van der Waals surface area (Å²) in [6.07, 6.45) is -1.91. The van der Waals surface area contributed by atoms with E-state index in [9.17, 15) is 18.0 Å². The molecule has 27 heavy (non-hydrogen) atoms. The van der Waals surface area contributed by atoms with Crippen molar-refractivity contribution < 1.29 is 22.8 Å². The third kappa shape index (κ3) is 4.66. The molecule has 2 atom stereocenters. The van der Waals surface area contributed by atoms with E-state index in [0.717, 1.165) is 24.1 Å². The first kappa shape index (κ1) is 19.4. The monoisotopic (exact) mass is 378 g/mol. The molecule has 1 N–H and O–H groups in total. The Morgan fingerprint density at radius 2 is 1.93 bits per heavy atom. The number of halogens is 3. The second-order valence-electron chi connectivity index (χ2n) is 7.76. The Labute approximate surface area is 155 Å². The van der Waals surface area contributed by atoms with Gasteiger partial charge in [-0.3, -0.25) is 4.98 Å². The van der Waals surface area contributed by atoms with E-state index < -0.39 is 17.2 Å². The van der Waals surface area contributed by atoms with Crippen LogP contribution in [-0.4, -0.2) is 17.0 Å². The first-order valence-corrected chi connectivity index (χ1v) is 8.66. The van der Waals surface area contributed by atoms with Crippen LogP contribution in [0, 0.1) is 5.41 Å². The van der Waals surface area contributed by atoms with Gasteiger partial charge in [-0.1, -0.05) is 18.2 Å². The quantitative estimate of drug-likeness (QED) is 0.783. The Hall–Kier alpha value is -2.41. The Morgan fingerprint density at radius 3 is 2.52 bits per heavy atom. The fourth-order valence-electron chi connectivity index (χ4n) is 2.63. The largest absolute Gasteiger partial charge is 0.416 e. The van der Waals surface area contributed by atoms with Crippen molar-refractivity contribution in [2.75, 3.05) is 0 Å². The molecular weight excluding hydrogens is 357 g/mol. The molecule has 1 aliphatic rings. The summed E-state index contributed by atoms with van der Waals surface area (Å²) in [5.41, 5.74) is 3.36. The van der Waals surface area contributed by atoms with Gasteiger partial charge in [0.1, 0.15) is 0 Å². The number of nitrogens with zero attached hydrogens (tertiary/aromatic N) is 1. The SMILES string of the molecule is CC(C)(C)C(=O)ONC1CC1c1ccc(-c2cccc(C(F)(F)F)c2)nc1. The molecular formula is C20H21F3N2O2. The average Bonchev–Trinajstić information content (AvgIpc) is 3.38. The summed E-state index contributed by atoms with van der Waals surface area (Å²) in [5.74, 6) is -0.160. The van der Waals surface area contributed by atoms with Crippen LogP contribution in [0.2, 0.25) is 0 Å². The molecule has 1 saturated carbocycles. The van der Waals surface area contributed by atoms with Crippen LogP contribution in [0.15, 0.2) is 42.6 Å². The van der Waals surface area contributed by atoms with Gasteiger partial charge in [0.2, 0.25) is 0 Å². The summed E-state index contributed by atoms with van der Waals surface area (Å²) < 4.78 is 38.5. The molecule has 4 nitrogen and oxygen atoms in total. The van der Waals surface area contributed by atoms with Crippen molar-refractivity contribution in [2.45, 2.75) is 45.3 Å². The number of alkyl halides is 3. The Bertz CT molecular complexity index is 826. The van der Waals surface area contributed by atoms with Crippen LogP contribution in [-0.2, 0) is 15.8 Å². The van der Waals surface area contributed by atoms with Gasteiger partial charge in [-0.05, 0) is 51.0 Å². The summed E-state index contributed by atoms with van der Waals surface area (Å²) in [5, 5.41) is 0. The summed E-state index contributed by atoms with van der Waals surface area (Å²) >= 11 is 0. The van der Waals surface area contributed by atoms with Crippen LogP contribution in [0.4, 0.5) is 13.2 Å². The highest BCUT2D eigenvalue weighted by Gasteiger charge is 2.40. The molecule has 2 aromatic rings. The van der Waals surface area contributed by atoms with E-state index in [1.165, 1.54) is 6.07 Å². The van der Waals surface area contributed by atoms with Gasteiger partial charge in [-0.2, -0.15) is 13.2 Å². The van der Waals surface area contributed by atoms with Crippen molar-refractivity contribution in [1.29, 1.82) is 0 Å². The Kier molecular flexibility index (Phi) is 4.99. The van der Waals surface area contributed by atoms with Gasteiger partial charge >= 0.3 is 12.1 Å². The lowest BCUT2D eigenvalue weighted by Gasteiger charge is -2.16. The second kappa shape index (κ2) is 6.96. The number of carbonyl (C=O) groups is 1. The third-order valence-electron chi connectivity index (χ3n) is 4.41. The predicted molar refractivity (Wildman–Crippen MR) is 94.5 cm³/mol. The number of rotatable bonds is 4. The molecule has 3 rings (SSSR count). The standard InChI is InChI=1S/C20H21F3N2O2/c1-19(2,3)18(26)27-25-17-10-15(17)13-7-8-16(24-11-13)12-5-4-6-14(9-12)20(21,22)23/h4-9,11,15,17,25H,10H2,1-3H3. The minimum absolute atomic E-state index is 0.0255. The average molecular weight is 378 g/mol. The smallest absolute Gasteiger partial charge is 0.370 e. The first-order valence-electron chi connectivity index (χ1n) is 8.66. The van der Waals surface area contributed by atoms with Crippen LogP contribution in [0.5, 0.6) is 0 Å². The van der Waals surface area contributed by atoms with Crippen LogP contribution >= 0.6 is 0 Å². The number of nitrogens with one attached hydrogen (secondary N) is 1. The van der Waals surface area contributed by atoms with E-state index >= 15 is 0 Å². The van der Waals surface area contributed by atoms with Crippen LogP contribution in [0.25, 0.3) is 11.3 Å². The lowest BCUT2D eigenvalue weighted by atomic mass is 9.98. The molecule has 1 fully saturated rings. The molecule has 0 spiro atoms. The van der Waals surface area contributed by atoms with Crippen molar-refractivity contribution in [3.05, 3.63) is 53.7 Å². The van der Waals surface area contributed by atoms with Gasteiger partial charge in [0.15, 0.2) is 0 Å². The highest BCUT2D eigenvalue weighted by Crippen LogP contribution is 2.41. The van der Waals surface area contributed by atoms with E-state index in [2.05, 4.69) is 10.5 Å². The normalized spacial score (nSPS) is 19.6. The van der Waals surface area contributed by atoms with E-state index in [0.29, 0.717) is 11.3 Å². The Morgan fingerprint density at radius 1 is 1.19 bits per heavy atom. The lowest BCUT2D eigenvalue weighted by Crippen LogP contribution is -2.31. The van der Waals surface area contributed by atoms with Crippen molar-refractivity contribution in [1.82, 2.24) is 10.5 Å². The van der Waals surface area contributed by atoms with E-state index in [1.54, 1.807) is 39.1 Å². The minimum Gasteiger partial charge on any atom is -0.370 e. The molecule has 0 aliphatic heterocycles. The van der Waals surface area contributed by atoms with Crippen LogP contribution in [0.1, 0.15) is 44.2 Å². The van der Waals surface area contributed by atoms with E-state index in [1.807, 2.05) is 6.07 Å². The maximum atomic E-state index is 12.8. The van der Waals surface area contributed by atoms with Gasteiger partial charge in [-0.15, -0.1) is 5.48 Å². The second-order valence-corrected chi connectivity index (χ2v) is 7.76. The third-order valence-corrected chi connectivity index (χ3v) is 4.41. The summed E-state index contributed by atoms with van der Waals surface area (Å²) in [4.78, 5) is 21.2. The van der Waals surface area contributed by atoms with Crippen LogP contribution in [0.3, 0.4) is 0 Å². The molecule has 7 heteroatoms. The molecule has 1 aromatic carbocycles. The van der Waals surface area contributed by atoms with Gasteiger partial charge in [0.05, 0.1) is 22.7 Å². The molecule has 1 aromatic heterocycles. The van der Waals surface area contributed by atoms with E-state index in [4.69, 9.17) is 4.84 Å². The molecule has 0 amide bonds. The fraction of sp³-hybridized carbons (Fsp3) is 0.400. The van der Waals surface area contributed by atoms with Crippen molar-refractivity contribution in [3.63, 3.8) is 0 Å². The number of aromatic nitrogens is 1. The molecule has 0 bridgehead atoms. The number of hydrogen-bond donors (Lipinski definition) is 1. The maximum Gasteiger partial charge on any atom is 0.416 e. The Balaban J connectivity index is 1.63. The summed E-state index contributed by atoms with van der Waals surface area (Å²) in [7, 11) is 0. The molecule has 1 heterocycles. The number of hydroxylamine groups is 1. The first-order chi connectivity index (χ1) is 12.6. The highest BCUT2D eigenvalue weighted by atomic mass is 19.4. The molecule has 0 saturated heterocycles. The fourth-order valence-corrected chi connectivity index (χ4v) is 2.63. The zero-order valence-electron chi connectivity index (χ0n) is 15.3. The van der Waals surface area contributed by atoms with Crippen molar-refractivity contribution in [3.8, 4) is 11.3 Å². The number of carbonyl (C=O) groups excluding carboxylic acids is 1. The molecule has 1 aliphatic carbocycles. The molecule has 144 valence electrons. The zero-order valence-corrected chi connectivity index (χ0v) is 15.3. The number of pyridine rings is 1. The van der Waals surface area contributed by atoms with Gasteiger partial charge in [0, 0.05) is 17.7 Å².